The second kappa shape index (κ2) is 9.11. The molecule has 3 atom stereocenters. The van der Waals surface area contributed by atoms with Crippen molar-refractivity contribution in [3.8, 4) is 0 Å². The number of carbonyl (C=O) groups excluding carboxylic acids is 2. The number of Topliss-reactive ketones (excluding diaryl/α,β-unsaturated/α-hetero) is 1. The summed E-state index contributed by atoms with van der Waals surface area (Å²) in [5, 5.41) is 0. The van der Waals surface area contributed by atoms with Crippen LogP contribution in [0.1, 0.15) is 72.1 Å². The maximum absolute atomic E-state index is 11.5. The van der Waals surface area contributed by atoms with Crippen molar-refractivity contribution < 1.29 is 19.1 Å². The maximum atomic E-state index is 11.5. The van der Waals surface area contributed by atoms with Gasteiger partial charge in [0.15, 0.2) is 0 Å². The smallest absolute Gasteiger partial charge is 0.302 e. The molecular formula is C16H28O4. The fourth-order valence-electron chi connectivity index (χ4n) is 2.68. The molecule has 0 bridgehead atoms. The van der Waals surface area contributed by atoms with Gasteiger partial charge in [-0.1, -0.05) is 33.1 Å². The van der Waals surface area contributed by atoms with E-state index in [1.165, 1.54) is 6.92 Å². The second-order valence-electron chi connectivity index (χ2n) is 5.61. The van der Waals surface area contributed by atoms with Crippen molar-refractivity contribution in [3.05, 3.63) is 0 Å². The number of carbonyl (C=O) groups is 2. The van der Waals surface area contributed by atoms with Crippen molar-refractivity contribution in [1.29, 1.82) is 0 Å². The fraction of sp³-hybridized carbons (Fsp3) is 0.875. The van der Waals surface area contributed by atoms with E-state index in [1.807, 2.05) is 6.92 Å². The van der Waals surface area contributed by atoms with Crippen molar-refractivity contribution in [1.82, 2.24) is 0 Å². The minimum Gasteiger partial charge on any atom is -0.460 e. The topological polar surface area (TPSA) is 52.6 Å². The van der Waals surface area contributed by atoms with Gasteiger partial charge in [0.25, 0.3) is 0 Å². The Morgan fingerprint density at radius 3 is 2.55 bits per heavy atom. The third kappa shape index (κ3) is 6.04. The van der Waals surface area contributed by atoms with E-state index in [0.29, 0.717) is 12.8 Å². The highest BCUT2D eigenvalue weighted by molar-refractivity contribution is 5.78. The third-order valence-corrected chi connectivity index (χ3v) is 3.81. The Labute approximate surface area is 122 Å². The zero-order valence-corrected chi connectivity index (χ0v) is 13.0. The lowest BCUT2D eigenvalue weighted by atomic mass is 9.94. The van der Waals surface area contributed by atoms with Crippen molar-refractivity contribution in [3.63, 3.8) is 0 Å². The molecule has 1 aliphatic heterocycles. The molecule has 4 nitrogen and oxygen atoms in total. The van der Waals surface area contributed by atoms with Gasteiger partial charge in [0.2, 0.25) is 0 Å². The number of ketones is 1. The zero-order valence-electron chi connectivity index (χ0n) is 13.0. The SMILES string of the molecule is CCCCC[C@@H]1O[C@H](CC(=O)CC)CC[C@H]1OC(C)=O. The van der Waals surface area contributed by atoms with Gasteiger partial charge in [0.05, 0.1) is 12.2 Å². The van der Waals surface area contributed by atoms with Crippen LogP contribution >= 0.6 is 0 Å². The number of esters is 1. The van der Waals surface area contributed by atoms with Crippen LogP contribution in [0.4, 0.5) is 0 Å². The molecule has 0 amide bonds. The molecule has 0 N–H and O–H groups in total. The molecule has 4 heteroatoms. The molecule has 0 aromatic heterocycles. The number of hydrogen-bond donors (Lipinski definition) is 0. The maximum Gasteiger partial charge on any atom is 0.302 e. The normalized spacial score (nSPS) is 26.2. The van der Waals surface area contributed by atoms with Gasteiger partial charge < -0.3 is 9.47 Å². The molecule has 0 aromatic rings. The summed E-state index contributed by atoms with van der Waals surface area (Å²) in [6.45, 7) is 5.48. The molecular weight excluding hydrogens is 256 g/mol. The van der Waals surface area contributed by atoms with Crippen molar-refractivity contribution in [2.45, 2.75) is 90.4 Å². The standard InChI is InChI=1S/C16H28O4/c1-4-6-7-8-15-16(19-12(3)17)10-9-14(20-15)11-13(18)5-2/h14-16H,4-11H2,1-3H3/t14-,15-,16+/m0/s1. The Kier molecular flexibility index (Phi) is 7.82. The molecule has 1 rings (SSSR count). The molecule has 1 fully saturated rings. The van der Waals surface area contributed by atoms with Crippen LogP contribution in [0.25, 0.3) is 0 Å². The first-order valence-corrected chi connectivity index (χ1v) is 7.91. The Morgan fingerprint density at radius 2 is 1.95 bits per heavy atom. The van der Waals surface area contributed by atoms with Gasteiger partial charge in [-0.05, 0) is 19.3 Å². The molecule has 20 heavy (non-hydrogen) atoms. The lowest BCUT2D eigenvalue weighted by Crippen LogP contribution is -2.42. The highest BCUT2D eigenvalue weighted by Gasteiger charge is 2.33. The van der Waals surface area contributed by atoms with Crippen LogP contribution in [-0.4, -0.2) is 30.1 Å². The molecule has 0 spiro atoms. The van der Waals surface area contributed by atoms with Crippen LogP contribution in [0.3, 0.4) is 0 Å². The summed E-state index contributed by atoms with van der Waals surface area (Å²) in [6, 6.07) is 0. The van der Waals surface area contributed by atoms with Crippen LogP contribution < -0.4 is 0 Å². The van der Waals surface area contributed by atoms with Crippen molar-refractivity contribution in [2.24, 2.45) is 0 Å². The predicted molar refractivity (Wildman–Crippen MR) is 77.5 cm³/mol. The molecule has 1 saturated heterocycles. The van der Waals surface area contributed by atoms with Gasteiger partial charge in [-0.15, -0.1) is 0 Å². The Balaban J connectivity index is 2.52. The summed E-state index contributed by atoms with van der Waals surface area (Å²) in [5.74, 6) is -0.00424. The zero-order chi connectivity index (χ0) is 15.0. The molecule has 0 saturated carbocycles. The van der Waals surface area contributed by atoms with E-state index in [0.717, 1.165) is 38.5 Å². The predicted octanol–water partition coefficient (Wildman–Crippen LogP) is 3.42. The summed E-state index contributed by atoms with van der Waals surface area (Å²) >= 11 is 0. The summed E-state index contributed by atoms with van der Waals surface area (Å²) in [5.41, 5.74) is 0. The average Bonchev–Trinajstić information content (AvgIpc) is 2.41. The van der Waals surface area contributed by atoms with Gasteiger partial charge >= 0.3 is 5.97 Å². The van der Waals surface area contributed by atoms with Gasteiger partial charge in [-0.2, -0.15) is 0 Å². The molecule has 0 aliphatic carbocycles. The highest BCUT2D eigenvalue weighted by atomic mass is 16.6. The minimum absolute atomic E-state index is 0.000819. The summed E-state index contributed by atoms with van der Waals surface area (Å²) in [4.78, 5) is 22.7. The van der Waals surface area contributed by atoms with Gasteiger partial charge in [0.1, 0.15) is 11.9 Å². The van der Waals surface area contributed by atoms with Crippen molar-refractivity contribution >= 4 is 11.8 Å². The molecule has 116 valence electrons. The average molecular weight is 284 g/mol. The van der Waals surface area contributed by atoms with Crippen LogP contribution in [0.2, 0.25) is 0 Å². The van der Waals surface area contributed by atoms with E-state index in [-0.39, 0.29) is 30.1 Å². The number of ether oxygens (including phenoxy) is 2. The van der Waals surface area contributed by atoms with E-state index in [4.69, 9.17) is 9.47 Å². The number of hydrogen-bond acceptors (Lipinski definition) is 4. The van der Waals surface area contributed by atoms with E-state index < -0.39 is 0 Å². The Morgan fingerprint density at radius 1 is 1.20 bits per heavy atom. The fourth-order valence-corrected chi connectivity index (χ4v) is 2.68. The summed E-state index contributed by atoms with van der Waals surface area (Å²) in [6.07, 6.45) is 6.77. The first-order chi connectivity index (χ1) is 9.56. The van der Waals surface area contributed by atoms with Crippen LogP contribution in [0, 0.1) is 0 Å². The van der Waals surface area contributed by atoms with Gasteiger partial charge in [-0.25, -0.2) is 0 Å². The van der Waals surface area contributed by atoms with E-state index in [2.05, 4.69) is 6.92 Å². The number of unbranched alkanes of at least 4 members (excludes halogenated alkanes) is 2. The molecule has 0 aromatic carbocycles. The number of rotatable bonds is 8. The molecule has 1 aliphatic rings. The van der Waals surface area contributed by atoms with Crippen LogP contribution in [0.5, 0.6) is 0 Å². The van der Waals surface area contributed by atoms with E-state index in [9.17, 15) is 9.59 Å². The highest BCUT2D eigenvalue weighted by Crippen LogP contribution is 2.28. The minimum atomic E-state index is -0.248. The first kappa shape index (κ1) is 17.2. The quantitative estimate of drug-likeness (QED) is 0.506. The lowest BCUT2D eigenvalue weighted by molar-refractivity contribution is -0.172. The van der Waals surface area contributed by atoms with Gasteiger partial charge in [0, 0.05) is 19.8 Å². The monoisotopic (exact) mass is 284 g/mol. The Hall–Kier alpha value is -0.900. The largest absolute Gasteiger partial charge is 0.460 e. The molecule has 0 radical (unpaired) electrons. The van der Waals surface area contributed by atoms with E-state index in [1.54, 1.807) is 0 Å². The summed E-state index contributed by atoms with van der Waals surface area (Å²) in [7, 11) is 0. The third-order valence-electron chi connectivity index (χ3n) is 3.81. The lowest BCUT2D eigenvalue weighted by Gasteiger charge is -2.36. The van der Waals surface area contributed by atoms with Crippen LogP contribution in [0.15, 0.2) is 0 Å². The first-order valence-electron chi connectivity index (χ1n) is 7.91. The molecule has 0 unspecified atom stereocenters. The molecule has 1 heterocycles. The van der Waals surface area contributed by atoms with Gasteiger partial charge in [-0.3, -0.25) is 9.59 Å². The second-order valence-corrected chi connectivity index (χ2v) is 5.61. The van der Waals surface area contributed by atoms with E-state index >= 15 is 0 Å². The summed E-state index contributed by atoms with van der Waals surface area (Å²) < 4.78 is 11.4. The van der Waals surface area contributed by atoms with Crippen LogP contribution in [-0.2, 0) is 19.1 Å². The Bertz CT molecular complexity index is 314. The van der Waals surface area contributed by atoms with Crippen molar-refractivity contribution in [2.75, 3.05) is 0 Å².